The van der Waals surface area contributed by atoms with Crippen LogP contribution in [-0.2, 0) is 26.2 Å². The predicted octanol–water partition coefficient (Wildman–Crippen LogP) is 4.23. The number of anilines is 1. The Bertz CT molecular complexity index is 1120. The topological polar surface area (TPSA) is 86.8 Å². The van der Waals surface area contributed by atoms with E-state index in [4.69, 9.17) is 23.2 Å². The van der Waals surface area contributed by atoms with Gasteiger partial charge in [-0.15, -0.1) is 0 Å². The van der Waals surface area contributed by atoms with Crippen molar-refractivity contribution in [3.05, 3.63) is 63.9 Å². The fraction of sp³-hybridized carbons (Fsp3) is 0.391. The van der Waals surface area contributed by atoms with Crippen molar-refractivity contribution in [2.75, 3.05) is 17.1 Å². The number of sulfonamides is 1. The predicted molar refractivity (Wildman–Crippen MR) is 133 cm³/mol. The number of benzene rings is 2. The standard InChI is InChI=1S/C23H28Cl2FN3O4S/c1-5-20(23(31)27-15(2)3)28(13-16-17(24)9-8-10-18(16)25)22(30)14-29(34(4,32)33)21-12-7-6-11-19(21)26/h6-12,15,20H,5,13-14H2,1-4H3,(H,27,31)/t20-/m0/s1. The van der Waals surface area contributed by atoms with Gasteiger partial charge in [-0.25, -0.2) is 12.8 Å². The summed E-state index contributed by atoms with van der Waals surface area (Å²) in [6, 6.07) is 8.96. The average molecular weight is 532 g/mol. The molecule has 0 heterocycles. The average Bonchev–Trinajstić information content (AvgIpc) is 2.73. The van der Waals surface area contributed by atoms with Crippen LogP contribution in [-0.4, -0.2) is 50.0 Å². The smallest absolute Gasteiger partial charge is 0.244 e. The number of halogens is 3. The van der Waals surface area contributed by atoms with Gasteiger partial charge in [0, 0.05) is 28.2 Å². The number of para-hydroxylation sites is 1. The van der Waals surface area contributed by atoms with Crippen LogP contribution in [0.5, 0.6) is 0 Å². The van der Waals surface area contributed by atoms with Crippen LogP contribution in [0.4, 0.5) is 10.1 Å². The van der Waals surface area contributed by atoms with E-state index in [1.165, 1.54) is 23.1 Å². The molecule has 0 aromatic heterocycles. The van der Waals surface area contributed by atoms with Crippen molar-refractivity contribution in [3.63, 3.8) is 0 Å². The van der Waals surface area contributed by atoms with Crippen molar-refractivity contribution in [2.24, 2.45) is 0 Å². The molecule has 0 fully saturated rings. The van der Waals surface area contributed by atoms with Crippen LogP contribution in [0, 0.1) is 5.82 Å². The SMILES string of the molecule is CC[C@@H](C(=O)NC(C)C)N(Cc1c(Cl)cccc1Cl)C(=O)CN(c1ccccc1F)S(C)(=O)=O. The zero-order valence-electron chi connectivity index (χ0n) is 19.4. The van der Waals surface area contributed by atoms with Gasteiger partial charge in [-0.05, 0) is 44.5 Å². The molecule has 186 valence electrons. The van der Waals surface area contributed by atoms with Gasteiger partial charge in [0.25, 0.3) is 0 Å². The number of carbonyl (C=O) groups excluding carboxylic acids is 2. The number of rotatable bonds is 10. The highest BCUT2D eigenvalue weighted by Crippen LogP contribution is 2.28. The zero-order chi connectivity index (χ0) is 25.6. The zero-order valence-corrected chi connectivity index (χ0v) is 21.7. The molecule has 0 spiro atoms. The van der Waals surface area contributed by atoms with Crippen molar-refractivity contribution in [2.45, 2.75) is 45.8 Å². The summed E-state index contributed by atoms with van der Waals surface area (Å²) in [6.07, 6.45) is 1.12. The summed E-state index contributed by atoms with van der Waals surface area (Å²) >= 11 is 12.6. The van der Waals surface area contributed by atoms with Gasteiger partial charge in [0.05, 0.1) is 11.9 Å². The summed E-state index contributed by atoms with van der Waals surface area (Å²) in [6.45, 7) is 4.43. The van der Waals surface area contributed by atoms with E-state index in [-0.39, 0.29) is 24.7 Å². The van der Waals surface area contributed by atoms with Crippen LogP contribution < -0.4 is 9.62 Å². The van der Waals surface area contributed by atoms with Crippen LogP contribution in [0.25, 0.3) is 0 Å². The Kier molecular flexibility index (Phi) is 9.73. The lowest BCUT2D eigenvalue weighted by Gasteiger charge is -2.33. The van der Waals surface area contributed by atoms with Gasteiger partial charge >= 0.3 is 0 Å². The molecule has 0 aliphatic rings. The van der Waals surface area contributed by atoms with Crippen molar-refractivity contribution in [3.8, 4) is 0 Å². The molecular formula is C23H28Cl2FN3O4S. The van der Waals surface area contributed by atoms with Gasteiger partial charge in [-0.2, -0.15) is 0 Å². The molecule has 7 nitrogen and oxygen atoms in total. The minimum atomic E-state index is -4.04. The van der Waals surface area contributed by atoms with Crippen molar-refractivity contribution in [1.82, 2.24) is 10.2 Å². The monoisotopic (exact) mass is 531 g/mol. The second-order valence-electron chi connectivity index (χ2n) is 8.03. The van der Waals surface area contributed by atoms with Crippen LogP contribution in [0.3, 0.4) is 0 Å². The fourth-order valence-electron chi connectivity index (χ4n) is 3.40. The Labute approximate surface area is 209 Å². The molecule has 0 saturated carbocycles. The molecule has 2 rings (SSSR count). The molecule has 2 aromatic carbocycles. The normalized spacial score (nSPS) is 12.4. The Morgan fingerprint density at radius 2 is 1.65 bits per heavy atom. The molecular weight excluding hydrogens is 504 g/mol. The Morgan fingerprint density at radius 3 is 2.15 bits per heavy atom. The Morgan fingerprint density at radius 1 is 1.06 bits per heavy atom. The summed E-state index contributed by atoms with van der Waals surface area (Å²) < 4.78 is 40.1. The first kappa shape index (κ1) is 27.9. The highest BCUT2D eigenvalue weighted by molar-refractivity contribution is 7.92. The second-order valence-corrected chi connectivity index (χ2v) is 10.8. The molecule has 2 amide bonds. The number of hydrogen-bond acceptors (Lipinski definition) is 4. The maximum Gasteiger partial charge on any atom is 0.244 e. The molecule has 0 aliphatic heterocycles. The minimum absolute atomic E-state index is 0.143. The number of carbonyl (C=O) groups is 2. The van der Waals surface area contributed by atoms with E-state index in [1.54, 1.807) is 39.0 Å². The third-order valence-electron chi connectivity index (χ3n) is 5.01. The Balaban J connectivity index is 2.52. The van der Waals surface area contributed by atoms with Gasteiger partial charge in [-0.1, -0.05) is 48.3 Å². The summed E-state index contributed by atoms with van der Waals surface area (Å²) in [5.74, 6) is -1.92. The molecule has 34 heavy (non-hydrogen) atoms. The van der Waals surface area contributed by atoms with Crippen LogP contribution in [0.15, 0.2) is 42.5 Å². The summed E-state index contributed by atoms with van der Waals surface area (Å²) in [5, 5.41) is 3.36. The first-order valence-corrected chi connectivity index (χ1v) is 13.2. The largest absolute Gasteiger partial charge is 0.352 e. The van der Waals surface area contributed by atoms with E-state index in [9.17, 15) is 22.4 Å². The lowest BCUT2D eigenvalue weighted by atomic mass is 10.1. The van der Waals surface area contributed by atoms with E-state index >= 15 is 0 Å². The van der Waals surface area contributed by atoms with E-state index in [2.05, 4.69) is 5.32 Å². The maximum atomic E-state index is 14.4. The van der Waals surface area contributed by atoms with E-state index < -0.39 is 40.2 Å². The van der Waals surface area contributed by atoms with Crippen LogP contribution in [0.2, 0.25) is 10.0 Å². The lowest BCUT2D eigenvalue weighted by Crippen LogP contribution is -2.53. The van der Waals surface area contributed by atoms with Crippen LogP contribution in [0.1, 0.15) is 32.8 Å². The molecule has 0 radical (unpaired) electrons. The number of hydrogen-bond donors (Lipinski definition) is 1. The molecule has 1 N–H and O–H groups in total. The van der Waals surface area contributed by atoms with E-state index in [0.717, 1.165) is 12.3 Å². The van der Waals surface area contributed by atoms with E-state index in [0.29, 0.717) is 19.9 Å². The third kappa shape index (κ3) is 7.07. The van der Waals surface area contributed by atoms with Crippen molar-refractivity contribution < 1.29 is 22.4 Å². The molecule has 2 aromatic rings. The summed E-state index contributed by atoms with van der Waals surface area (Å²) in [5.41, 5.74) is 0.139. The first-order valence-electron chi connectivity index (χ1n) is 10.6. The van der Waals surface area contributed by atoms with Gasteiger partial charge in [0.1, 0.15) is 18.4 Å². The highest BCUT2D eigenvalue weighted by atomic mass is 35.5. The number of nitrogens with one attached hydrogen (secondary N) is 1. The molecule has 0 saturated heterocycles. The van der Waals surface area contributed by atoms with E-state index in [1.807, 2.05) is 0 Å². The highest BCUT2D eigenvalue weighted by Gasteiger charge is 2.33. The van der Waals surface area contributed by atoms with Crippen molar-refractivity contribution in [1.29, 1.82) is 0 Å². The first-order chi connectivity index (χ1) is 15.9. The third-order valence-corrected chi connectivity index (χ3v) is 6.84. The maximum absolute atomic E-state index is 14.4. The minimum Gasteiger partial charge on any atom is -0.352 e. The molecule has 0 bridgehead atoms. The van der Waals surface area contributed by atoms with Gasteiger partial charge in [0.2, 0.25) is 21.8 Å². The molecule has 0 unspecified atom stereocenters. The summed E-state index contributed by atoms with van der Waals surface area (Å²) in [7, 11) is -4.04. The van der Waals surface area contributed by atoms with Gasteiger partial charge < -0.3 is 10.2 Å². The number of amides is 2. The van der Waals surface area contributed by atoms with Gasteiger partial charge in [-0.3, -0.25) is 13.9 Å². The molecule has 1 atom stereocenters. The number of nitrogens with zero attached hydrogens (tertiary/aromatic N) is 2. The summed E-state index contributed by atoms with van der Waals surface area (Å²) in [4.78, 5) is 27.7. The van der Waals surface area contributed by atoms with Crippen molar-refractivity contribution >= 4 is 50.7 Å². The Hall–Kier alpha value is -2.36. The molecule has 0 aliphatic carbocycles. The fourth-order valence-corrected chi connectivity index (χ4v) is 4.77. The van der Waals surface area contributed by atoms with Crippen LogP contribution >= 0.6 is 23.2 Å². The lowest BCUT2D eigenvalue weighted by molar-refractivity contribution is -0.140. The quantitative estimate of drug-likeness (QED) is 0.496. The molecule has 11 heteroatoms. The van der Waals surface area contributed by atoms with Gasteiger partial charge in [0.15, 0.2) is 0 Å². The second kappa shape index (κ2) is 11.9.